The molecular weight excluding hydrogens is 335 g/mol. The van der Waals surface area contributed by atoms with Gasteiger partial charge in [-0.2, -0.15) is 0 Å². The fraction of sp³-hybridized carbons (Fsp3) is 0.600. The topological polar surface area (TPSA) is 58.6 Å². The third kappa shape index (κ3) is 3.17. The summed E-state index contributed by atoms with van der Waals surface area (Å²) in [4.78, 5) is 26.1. The van der Waals surface area contributed by atoms with Crippen molar-refractivity contribution in [2.24, 2.45) is 17.8 Å². The molecule has 6 heteroatoms. The molecule has 0 aromatic heterocycles. The van der Waals surface area contributed by atoms with Crippen molar-refractivity contribution in [1.82, 2.24) is 10.2 Å². The molecule has 1 aromatic carbocycles. The number of ether oxygens (including phenoxy) is 1. The van der Waals surface area contributed by atoms with Crippen LogP contribution in [0.2, 0.25) is 0 Å². The Hall–Kier alpha value is -2.11. The summed E-state index contributed by atoms with van der Waals surface area (Å²) in [5, 5.41) is 2.67. The second-order valence-corrected chi connectivity index (χ2v) is 7.66. The van der Waals surface area contributed by atoms with Crippen molar-refractivity contribution in [3.8, 4) is 0 Å². The largest absolute Gasteiger partial charge is 0.450 e. The van der Waals surface area contributed by atoms with E-state index in [1.54, 1.807) is 6.07 Å². The molecule has 2 saturated heterocycles. The number of amides is 2. The fourth-order valence-electron chi connectivity index (χ4n) is 4.60. The van der Waals surface area contributed by atoms with Crippen molar-refractivity contribution in [2.45, 2.75) is 32.1 Å². The SMILES string of the molecule is CCc1cc([C@H]2[C@@H]3CN(C(=O)[C@@H]4CCCOC(=O)NC4)C[C@@H]32)ccc1F. The molecule has 1 aromatic rings. The first-order valence-corrected chi connectivity index (χ1v) is 9.56. The van der Waals surface area contributed by atoms with Gasteiger partial charge >= 0.3 is 6.09 Å². The maximum atomic E-state index is 13.7. The second-order valence-electron chi connectivity index (χ2n) is 7.66. The van der Waals surface area contributed by atoms with Crippen molar-refractivity contribution in [3.05, 3.63) is 35.1 Å². The van der Waals surface area contributed by atoms with E-state index in [0.29, 0.717) is 37.3 Å². The lowest BCUT2D eigenvalue weighted by Gasteiger charge is -2.27. The number of likely N-dealkylation sites (tertiary alicyclic amines) is 1. The first-order valence-electron chi connectivity index (χ1n) is 9.56. The van der Waals surface area contributed by atoms with Crippen LogP contribution in [-0.4, -0.2) is 43.1 Å². The third-order valence-corrected chi connectivity index (χ3v) is 6.11. The zero-order chi connectivity index (χ0) is 18.3. The number of hydrogen-bond acceptors (Lipinski definition) is 3. The predicted octanol–water partition coefficient (Wildman–Crippen LogP) is 2.70. The summed E-state index contributed by atoms with van der Waals surface area (Å²) in [5.74, 6) is 1.29. The molecule has 1 saturated carbocycles. The maximum Gasteiger partial charge on any atom is 0.407 e. The van der Waals surface area contributed by atoms with Crippen LogP contribution in [0, 0.1) is 23.6 Å². The fourth-order valence-corrected chi connectivity index (χ4v) is 4.60. The monoisotopic (exact) mass is 360 g/mol. The molecule has 3 aliphatic rings. The average Bonchev–Trinajstić information content (AvgIpc) is 3.11. The summed E-state index contributed by atoms with van der Waals surface area (Å²) in [6.45, 7) is 4.23. The molecule has 3 fully saturated rings. The van der Waals surface area contributed by atoms with E-state index < -0.39 is 6.09 Å². The van der Waals surface area contributed by atoms with Crippen LogP contribution in [0.4, 0.5) is 9.18 Å². The predicted molar refractivity (Wildman–Crippen MR) is 94.2 cm³/mol. The second kappa shape index (κ2) is 6.89. The molecule has 26 heavy (non-hydrogen) atoms. The molecule has 1 aliphatic carbocycles. The molecule has 2 heterocycles. The Morgan fingerprint density at radius 1 is 1.35 bits per heavy atom. The van der Waals surface area contributed by atoms with Crippen molar-refractivity contribution in [1.29, 1.82) is 0 Å². The van der Waals surface area contributed by atoms with E-state index in [1.807, 2.05) is 24.0 Å². The summed E-state index contributed by atoms with van der Waals surface area (Å²) >= 11 is 0. The zero-order valence-corrected chi connectivity index (χ0v) is 15.0. The van der Waals surface area contributed by atoms with E-state index in [0.717, 1.165) is 31.5 Å². The molecule has 140 valence electrons. The van der Waals surface area contributed by atoms with Gasteiger partial charge in [0, 0.05) is 19.6 Å². The number of piperidine rings is 1. The smallest absolute Gasteiger partial charge is 0.407 e. The van der Waals surface area contributed by atoms with Gasteiger partial charge in [0.1, 0.15) is 5.82 Å². The number of carbonyl (C=O) groups excluding carboxylic acids is 2. The molecule has 0 radical (unpaired) electrons. The van der Waals surface area contributed by atoms with Crippen LogP contribution >= 0.6 is 0 Å². The number of aryl methyl sites for hydroxylation is 1. The molecule has 2 amide bonds. The number of carbonyl (C=O) groups is 2. The number of cyclic esters (lactones) is 1. The number of halogens is 1. The lowest BCUT2D eigenvalue weighted by Crippen LogP contribution is -2.43. The zero-order valence-electron chi connectivity index (χ0n) is 15.0. The van der Waals surface area contributed by atoms with Gasteiger partial charge in [0.05, 0.1) is 12.5 Å². The van der Waals surface area contributed by atoms with Gasteiger partial charge in [-0.3, -0.25) is 4.79 Å². The van der Waals surface area contributed by atoms with Crippen LogP contribution in [0.25, 0.3) is 0 Å². The molecule has 2 aliphatic heterocycles. The van der Waals surface area contributed by atoms with E-state index in [9.17, 15) is 14.0 Å². The highest BCUT2D eigenvalue weighted by atomic mass is 19.1. The summed E-state index contributed by atoms with van der Waals surface area (Å²) in [7, 11) is 0. The Bertz CT molecular complexity index is 711. The maximum absolute atomic E-state index is 13.7. The number of hydrogen-bond donors (Lipinski definition) is 1. The third-order valence-electron chi connectivity index (χ3n) is 6.11. The number of nitrogens with one attached hydrogen (secondary N) is 1. The Balaban J connectivity index is 1.36. The van der Waals surface area contributed by atoms with Crippen molar-refractivity contribution >= 4 is 12.0 Å². The molecule has 5 nitrogen and oxygen atoms in total. The van der Waals surface area contributed by atoms with E-state index >= 15 is 0 Å². The first kappa shape index (κ1) is 17.3. The van der Waals surface area contributed by atoms with Gasteiger partial charge in [0.15, 0.2) is 0 Å². The van der Waals surface area contributed by atoms with Gasteiger partial charge in [0.25, 0.3) is 0 Å². The van der Waals surface area contributed by atoms with Gasteiger partial charge in [-0.1, -0.05) is 19.1 Å². The number of alkyl carbamates (subject to hydrolysis) is 1. The Morgan fingerprint density at radius 3 is 2.85 bits per heavy atom. The number of benzene rings is 1. The van der Waals surface area contributed by atoms with Crippen molar-refractivity contribution < 1.29 is 18.7 Å². The van der Waals surface area contributed by atoms with Gasteiger partial charge < -0.3 is 15.0 Å². The normalized spacial score (nSPS) is 30.7. The molecule has 4 rings (SSSR count). The number of rotatable bonds is 3. The Kier molecular flexibility index (Phi) is 4.59. The molecule has 4 atom stereocenters. The Labute approximate surface area is 152 Å². The van der Waals surface area contributed by atoms with Crippen LogP contribution in [0.1, 0.15) is 36.8 Å². The summed E-state index contributed by atoms with van der Waals surface area (Å²) in [6, 6.07) is 5.47. The van der Waals surface area contributed by atoms with Crippen molar-refractivity contribution in [2.75, 3.05) is 26.2 Å². The molecule has 0 spiro atoms. The van der Waals surface area contributed by atoms with E-state index in [2.05, 4.69) is 5.32 Å². The first-order chi connectivity index (χ1) is 12.6. The van der Waals surface area contributed by atoms with Gasteiger partial charge in [-0.05, 0) is 54.2 Å². The molecule has 0 bridgehead atoms. The van der Waals surface area contributed by atoms with Crippen LogP contribution in [0.5, 0.6) is 0 Å². The minimum atomic E-state index is -0.435. The van der Waals surface area contributed by atoms with Gasteiger partial charge in [-0.25, -0.2) is 9.18 Å². The van der Waals surface area contributed by atoms with Crippen LogP contribution in [0.3, 0.4) is 0 Å². The van der Waals surface area contributed by atoms with Gasteiger partial charge in [-0.15, -0.1) is 0 Å². The standard InChI is InChI=1S/C20H25FN2O3/c1-2-12-8-13(5-6-17(12)21)18-15-10-23(11-16(15)18)19(24)14-4-3-7-26-20(25)22-9-14/h5-6,8,14-16,18H,2-4,7,9-11H2,1H3,(H,22,25)/t14-,15-,16+,18+/m1/s1. The highest BCUT2D eigenvalue weighted by molar-refractivity contribution is 5.80. The highest BCUT2D eigenvalue weighted by Crippen LogP contribution is 2.58. The quantitative estimate of drug-likeness (QED) is 0.902. The van der Waals surface area contributed by atoms with Gasteiger partial charge in [0.2, 0.25) is 5.91 Å². The highest BCUT2D eigenvalue weighted by Gasteiger charge is 2.57. The lowest BCUT2D eigenvalue weighted by molar-refractivity contribution is -0.135. The average molecular weight is 360 g/mol. The molecule has 1 N–H and O–H groups in total. The van der Waals surface area contributed by atoms with Crippen LogP contribution in [-0.2, 0) is 16.0 Å². The van der Waals surface area contributed by atoms with E-state index in [4.69, 9.17) is 4.74 Å². The minimum absolute atomic E-state index is 0.130. The van der Waals surface area contributed by atoms with E-state index in [1.165, 1.54) is 5.56 Å². The summed E-state index contributed by atoms with van der Waals surface area (Å²) in [5.41, 5.74) is 1.98. The van der Waals surface area contributed by atoms with Crippen LogP contribution in [0.15, 0.2) is 18.2 Å². The molecular formula is C20H25FN2O3. The summed E-state index contributed by atoms with van der Waals surface area (Å²) < 4.78 is 18.7. The van der Waals surface area contributed by atoms with Crippen molar-refractivity contribution in [3.63, 3.8) is 0 Å². The van der Waals surface area contributed by atoms with E-state index in [-0.39, 0.29) is 17.6 Å². The van der Waals surface area contributed by atoms with Crippen LogP contribution < -0.4 is 5.32 Å². The minimum Gasteiger partial charge on any atom is -0.450 e. The number of fused-ring (bicyclic) bond motifs is 1. The lowest BCUT2D eigenvalue weighted by atomic mass is 9.99. The number of nitrogens with zero attached hydrogens (tertiary/aromatic N) is 1. The Morgan fingerprint density at radius 2 is 2.12 bits per heavy atom. The molecule has 0 unspecified atom stereocenters. The summed E-state index contributed by atoms with van der Waals surface area (Å²) in [6.07, 6.45) is 1.73.